The summed E-state index contributed by atoms with van der Waals surface area (Å²) >= 11 is 1.76. The normalized spacial score (nSPS) is 24.3. The number of hydrogen-bond acceptors (Lipinski definition) is 3. The van der Waals surface area contributed by atoms with Gasteiger partial charge in [0.1, 0.15) is 0 Å². The third-order valence-corrected chi connectivity index (χ3v) is 2.93. The lowest BCUT2D eigenvalue weighted by atomic mass is 10.1. The highest BCUT2D eigenvalue weighted by molar-refractivity contribution is 7.09. The largest absolute Gasteiger partial charge is 0.309 e. The fourth-order valence-electron chi connectivity index (χ4n) is 1.32. The molecule has 0 radical (unpaired) electrons. The van der Waals surface area contributed by atoms with E-state index in [0.29, 0.717) is 6.04 Å². The van der Waals surface area contributed by atoms with E-state index in [-0.39, 0.29) is 0 Å². The summed E-state index contributed by atoms with van der Waals surface area (Å²) in [4.78, 5) is 5.71. The van der Waals surface area contributed by atoms with Gasteiger partial charge in [-0.25, -0.2) is 4.98 Å². The van der Waals surface area contributed by atoms with Crippen LogP contribution in [0.1, 0.15) is 23.5 Å². The quantitative estimate of drug-likeness (QED) is 0.610. The third-order valence-electron chi connectivity index (χ3n) is 1.88. The van der Waals surface area contributed by atoms with Gasteiger partial charge in [0.25, 0.3) is 0 Å². The van der Waals surface area contributed by atoms with Crippen molar-refractivity contribution in [3.05, 3.63) is 16.1 Å². The van der Waals surface area contributed by atoms with Gasteiger partial charge in [-0.15, -0.1) is 11.3 Å². The molecule has 1 unspecified atom stereocenters. The zero-order chi connectivity index (χ0) is 6.97. The number of fused-ring (bicyclic) bond motifs is 1. The average molecular weight is 154 g/mol. The first-order valence-corrected chi connectivity index (χ1v) is 4.41. The second-order valence-corrected chi connectivity index (χ2v) is 3.48. The first-order chi connectivity index (χ1) is 4.88. The monoisotopic (exact) mass is 154 g/mol. The highest BCUT2D eigenvalue weighted by Crippen LogP contribution is 2.24. The predicted octanol–water partition coefficient (Wildman–Crippen LogP) is 1.35. The Bertz CT molecular complexity index is 231. The summed E-state index contributed by atoms with van der Waals surface area (Å²) in [5.74, 6) is 0. The number of aromatic nitrogens is 1. The summed E-state index contributed by atoms with van der Waals surface area (Å²) in [6, 6.07) is 0.524. The standard InChI is InChI=1S/C7H10N2S/c1-5-7-6(2-3-8-5)9-4-10-7/h4-5,8H,2-3H2,1H3. The number of nitrogens with one attached hydrogen (secondary N) is 1. The van der Waals surface area contributed by atoms with Crippen LogP contribution < -0.4 is 5.32 Å². The fraction of sp³-hybridized carbons (Fsp3) is 0.571. The maximum Gasteiger partial charge on any atom is 0.0798 e. The molecule has 0 saturated heterocycles. The van der Waals surface area contributed by atoms with Crippen molar-refractivity contribution in [1.82, 2.24) is 10.3 Å². The van der Waals surface area contributed by atoms with Crippen LogP contribution in [0.2, 0.25) is 0 Å². The van der Waals surface area contributed by atoms with E-state index in [1.54, 1.807) is 11.3 Å². The van der Waals surface area contributed by atoms with Gasteiger partial charge in [-0.1, -0.05) is 0 Å². The molecule has 0 saturated carbocycles. The summed E-state index contributed by atoms with van der Waals surface area (Å²) in [5, 5.41) is 3.39. The molecule has 0 aliphatic carbocycles. The van der Waals surface area contributed by atoms with Gasteiger partial charge in [-0.05, 0) is 6.92 Å². The molecule has 10 heavy (non-hydrogen) atoms. The topological polar surface area (TPSA) is 24.9 Å². The smallest absolute Gasteiger partial charge is 0.0798 e. The van der Waals surface area contributed by atoms with Gasteiger partial charge in [-0.3, -0.25) is 0 Å². The minimum Gasteiger partial charge on any atom is -0.309 e. The predicted molar refractivity (Wildman–Crippen MR) is 42.2 cm³/mol. The van der Waals surface area contributed by atoms with Gasteiger partial charge >= 0.3 is 0 Å². The van der Waals surface area contributed by atoms with E-state index in [1.165, 1.54) is 10.6 Å². The minimum atomic E-state index is 0.524. The lowest BCUT2D eigenvalue weighted by molar-refractivity contribution is 0.545. The molecule has 2 heterocycles. The molecule has 2 nitrogen and oxygen atoms in total. The molecule has 0 amide bonds. The zero-order valence-corrected chi connectivity index (χ0v) is 6.74. The van der Waals surface area contributed by atoms with Crippen molar-refractivity contribution in [1.29, 1.82) is 0 Å². The molecule has 0 bridgehead atoms. The summed E-state index contributed by atoms with van der Waals surface area (Å²) in [7, 11) is 0. The summed E-state index contributed by atoms with van der Waals surface area (Å²) in [6.45, 7) is 3.27. The van der Waals surface area contributed by atoms with Gasteiger partial charge in [-0.2, -0.15) is 0 Å². The minimum absolute atomic E-state index is 0.524. The van der Waals surface area contributed by atoms with Crippen molar-refractivity contribution in [2.75, 3.05) is 6.54 Å². The maximum atomic E-state index is 4.29. The van der Waals surface area contributed by atoms with Crippen molar-refractivity contribution in [3.8, 4) is 0 Å². The molecule has 1 aliphatic rings. The molecule has 1 aliphatic heterocycles. The van der Waals surface area contributed by atoms with Crippen molar-refractivity contribution < 1.29 is 0 Å². The number of hydrogen-bond donors (Lipinski definition) is 1. The first-order valence-electron chi connectivity index (χ1n) is 3.53. The Morgan fingerprint density at radius 2 is 2.70 bits per heavy atom. The van der Waals surface area contributed by atoms with Crippen LogP contribution >= 0.6 is 11.3 Å². The Morgan fingerprint density at radius 3 is 3.50 bits per heavy atom. The fourth-order valence-corrected chi connectivity index (χ4v) is 2.19. The molecule has 3 heteroatoms. The van der Waals surface area contributed by atoms with Crippen LogP contribution in [0.5, 0.6) is 0 Å². The van der Waals surface area contributed by atoms with E-state index < -0.39 is 0 Å². The number of thiazole rings is 1. The molecular formula is C7H10N2S. The van der Waals surface area contributed by atoms with Gasteiger partial charge in [0, 0.05) is 23.9 Å². The van der Waals surface area contributed by atoms with Crippen LogP contribution in [-0.4, -0.2) is 11.5 Å². The van der Waals surface area contributed by atoms with Gasteiger partial charge in [0.2, 0.25) is 0 Å². The summed E-state index contributed by atoms with van der Waals surface area (Å²) in [6.07, 6.45) is 1.10. The first kappa shape index (κ1) is 6.31. The average Bonchev–Trinajstić information content (AvgIpc) is 2.36. The summed E-state index contributed by atoms with van der Waals surface area (Å²) in [5.41, 5.74) is 3.24. The van der Waals surface area contributed by atoms with Crippen molar-refractivity contribution in [2.24, 2.45) is 0 Å². The molecule has 54 valence electrons. The zero-order valence-electron chi connectivity index (χ0n) is 5.92. The van der Waals surface area contributed by atoms with Crippen LogP contribution in [0.25, 0.3) is 0 Å². The van der Waals surface area contributed by atoms with E-state index in [0.717, 1.165) is 13.0 Å². The lowest BCUT2D eigenvalue weighted by Gasteiger charge is -2.18. The molecule has 2 rings (SSSR count). The van der Waals surface area contributed by atoms with Gasteiger partial charge < -0.3 is 5.32 Å². The molecule has 1 aromatic rings. The molecule has 0 aromatic carbocycles. The Hall–Kier alpha value is -0.410. The Labute approximate surface area is 64.3 Å². The number of nitrogens with zero attached hydrogens (tertiary/aromatic N) is 1. The Morgan fingerprint density at radius 1 is 1.80 bits per heavy atom. The Balaban J connectivity index is 2.41. The van der Waals surface area contributed by atoms with Crippen molar-refractivity contribution in [3.63, 3.8) is 0 Å². The molecule has 1 atom stereocenters. The van der Waals surface area contributed by atoms with Gasteiger partial charge in [0.05, 0.1) is 11.2 Å². The van der Waals surface area contributed by atoms with E-state index in [1.807, 2.05) is 5.51 Å². The van der Waals surface area contributed by atoms with Crippen LogP contribution in [0, 0.1) is 0 Å². The second-order valence-electron chi connectivity index (χ2n) is 2.59. The highest BCUT2D eigenvalue weighted by Gasteiger charge is 2.17. The second kappa shape index (κ2) is 2.32. The highest BCUT2D eigenvalue weighted by atomic mass is 32.1. The van der Waals surface area contributed by atoms with E-state index >= 15 is 0 Å². The summed E-state index contributed by atoms with van der Waals surface area (Å²) < 4.78 is 0. The van der Waals surface area contributed by atoms with Gasteiger partial charge in [0.15, 0.2) is 0 Å². The Kier molecular flexibility index (Phi) is 1.47. The number of rotatable bonds is 0. The van der Waals surface area contributed by atoms with Crippen molar-refractivity contribution in [2.45, 2.75) is 19.4 Å². The van der Waals surface area contributed by atoms with Crippen LogP contribution in [0.15, 0.2) is 5.51 Å². The van der Waals surface area contributed by atoms with E-state index in [4.69, 9.17) is 0 Å². The third kappa shape index (κ3) is 0.859. The molecule has 0 fully saturated rings. The molecule has 1 aromatic heterocycles. The van der Waals surface area contributed by atoms with Crippen LogP contribution in [0.3, 0.4) is 0 Å². The van der Waals surface area contributed by atoms with E-state index in [9.17, 15) is 0 Å². The van der Waals surface area contributed by atoms with Crippen LogP contribution in [-0.2, 0) is 6.42 Å². The lowest BCUT2D eigenvalue weighted by Crippen LogP contribution is -2.26. The van der Waals surface area contributed by atoms with Crippen LogP contribution in [0.4, 0.5) is 0 Å². The molecular weight excluding hydrogens is 144 g/mol. The van der Waals surface area contributed by atoms with E-state index in [2.05, 4.69) is 17.2 Å². The van der Waals surface area contributed by atoms with Crippen molar-refractivity contribution >= 4 is 11.3 Å². The molecule has 1 N–H and O–H groups in total. The SMILES string of the molecule is CC1NCCc2ncsc21. The molecule has 0 spiro atoms. The maximum absolute atomic E-state index is 4.29.